The van der Waals surface area contributed by atoms with Crippen LogP contribution >= 0.6 is 35.6 Å². The number of nitrogens with zero attached hydrogens (tertiary/aromatic N) is 1. The molecular weight excluding hydrogens is 452 g/mol. The van der Waals surface area contributed by atoms with Crippen molar-refractivity contribution in [3.63, 3.8) is 0 Å². The van der Waals surface area contributed by atoms with Crippen LogP contribution in [-0.4, -0.2) is 10.7 Å². The highest BCUT2D eigenvalue weighted by Crippen LogP contribution is 2.42. The molecule has 5 heteroatoms. The van der Waals surface area contributed by atoms with Gasteiger partial charge >= 0.3 is 0 Å². The average molecular weight is 471 g/mol. The number of benzene rings is 4. The van der Waals surface area contributed by atoms with Crippen LogP contribution in [0.4, 0.5) is 11.4 Å². The molecule has 1 heterocycles. The molecule has 32 heavy (non-hydrogen) atoms. The highest BCUT2D eigenvalue weighted by atomic mass is 35.5. The van der Waals surface area contributed by atoms with Crippen LogP contribution in [0.15, 0.2) is 112 Å². The van der Waals surface area contributed by atoms with E-state index in [1.54, 1.807) is 11.8 Å². The van der Waals surface area contributed by atoms with E-state index in [0.29, 0.717) is 11.4 Å². The second kappa shape index (κ2) is 9.29. The maximum atomic E-state index is 6.30. The Morgan fingerprint density at radius 1 is 0.844 bits per heavy atom. The third-order valence-electron chi connectivity index (χ3n) is 5.14. The zero-order valence-electron chi connectivity index (χ0n) is 17.1. The molecule has 0 aromatic heterocycles. The Bertz CT molecular complexity index is 1330. The Balaban J connectivity index is 1.51. The molecule has 4 aromatic rings. The smallest absolute Gasteiger partial charge is 0.0841 e. The SMILES string of the molecule is S=C(Cc1ccccc1)Nc1ccc2c(c1)N=C(c1cccc(Cl)c1)c1ccccc1S2. The highest BCUT2D eigenvalue weighted by Gasteiger charge is 2.19. The number of thiocarbonyl (C=S) groups is 1. The Labute approximate surface area is 202 Å². The van der Waals surface area contributed by atoms with Crippen molar-refractivity contribution in [3.8, 4) is 0 Å². The minimum Gasteiger partial charge on any atom is -0.350 e. The number of fused-ring (bicyclic) bond motifs is 2. The molecule has 0 fully saturated rings. The first-order valence-electron chi connectivity index (χ1n) is 10.3. The Morgan fingerprint density at radius 3 is 2.50 bits per heavy atom. The second-order valence-corrected chi connectivity index (χ2v) is 9.48. The Hall–Kier alpha value is -2.92. The average Bonchev–Trinajstić information content (AvgIpc) is 2.96. The van der Waals surface area contributed by atoms with Crippen LogP contribution in [0.25, 0.3) is 0 Å². The number of nitrogens with one attached hydrogen (secondary N) is 1. The van der Waals surface area contributed by atoms with E-state index in [-0.39, 0.29) is 0 Å². The summed E-state index contributed by atoms with van der Waals surface area (Å²) in [6, 6.07) is 32.7. The van der Waals surface area contributed by atoms with Crippen molar-refractivity contribution in [1.82, 2.24) is 0 Å². The normalized spacial score (nSPS) is 12.2. The third-order valence-corrected chi connectivity index (χ3v) is 6.77. The van der Waals surface area contributed by atoms with Crippen LogP contribution in [0, 0.1) is 0 Å². The van der Waals surface area contributed by atoms with Crippen molar-refractivity contribution < 1.29 is 0 Å². The maximum Gasteiger partial charge on any atom is 0.0841 e. The summed E-state index contributed by atoms with van der Waals surface area (Å²) in [6.07, 6.45) is 0.699. The fraction of sp³-hybridized carbons (Fsp3) is 0.0370. The number of anilines is 1. The summed E-state index contributed by atoms with van der Waals surface area (Å²) in [4.78, 5) is 8.15. The van der Waals surface area contributed by atoms with Gasteiger partial charge in [-0.1, -0.05) is 96.2 Å². The minimum absolute atomic E-state index is 0.696. The van der Waals surface area contributed by atoms with Gasteiger partial charge in [-0.05, 0) is 42.0 Å². The predicted molar refractivity (Wildman–Crippen MR) is 140 cm³/mol. The molecule has 0 atom stereocenters. The van der Waals surface area contributed by atoms with Gasteiger partial charge in [-0.3, -0.25) is 0 Å². The first-order chi connectivity index (χ1) is 15.7. The molecule has 0 saturated carbocycles. The molecule has 1 N–H and O–H groups in total. The van der Waals surface area contributed by atoms with Crippen molar-refractivity contribution >= 4 is 57.7 Å². The van der Waals surface area contributed by atoms with Crippen LogP contribution in [0.5, 0.6) is 0 Å². The van der Waals surface area contributed by atoms with E-state index < -0.39 is 0 Å². The predicted octanol–water partition coefficient (Wildman–Crippen LogP) is 7.96. The first-order valence-corrected chi connectivity index (χ1v) is 11.9. The molecule has 0 aliphatic carbocycles. The molecule has 2 nitrogen and oxygen atoms in total. The van der Waals surface area contributed by atoms with E-state index in [2.05, 4.69) is 53.8 Å². The topological polar surface area (TPSA) is 24.4 Å². The molecule has 4 aromatic carbocycles. The van der Waals surface area contributed by atoms with Crippen LogP contribution in [0.2, 0.25) is 5.02 Å². The van der Waals surface area contributed by atoms with E-state index in [9.17, 15) is 0 Å². The molecule has 0 spiro atoms. The van der Waals surface area contributed by atoms with Gasteiger partial charge in [-0.2, -0.15) is 0 Å². The van der Waals surface area contributed by atoms with Gasteiger partial charge in [0.15, 0.2) is 0 Å². The zero-order valence-corrected chi connectivity index (χ0v) is 19.5. The van der Waals surface area contributed by atoms with Crippen molar-refractivity contribution in [2.75, 3.05) is 5.32 Å². The molecule has 1 aliphatic heterocycles. The summed E-state index contributed by atoms with van der Waals surface area (Å²) in [6.45, 7) is 0. The second-order valence-electron chi connectivity index (χ2n) is 7.46. The van der Waals surface area contributed by atoms with Gasteiger partial charge in [0.25, 0.3) is 0 Å². The van der Waals surface area contributed by atoms with Gasteiger partial charge in [0.1, 0.15) is 0 Å². The Morgan fingerprint density at radius 2 is 1.66 bits per heavy atom. The van der Waals surface area contributed by atoms with Crippen molar-refractivity contribution in [3.05, 3.63) is 119 Å². The molecule has 0 unspecified atom stereocenters. The van der Waals surface area contributed by atoms with Crippen LogP contribution in [0.1, 0.15) is 16.7 Å². The van der Waals surface area contributed by atoms with Gasteiger partial charge in [-0.15, -0.1) is 0 Å². The van der Waals surface area contributed by atoms with E-state index in [1.165, 1.54) is 10.5 Å². The molecular formula is C27H19ClN2S2. The monoisotopic (exact) mass is 470 g/mol. The summed E-state index contributed by atoms with van der Waals surface area (Å²) in [5.41, 5.74) is 6.05. The fourth-order valence-corrected chi connectivity index (χ4v) is 5.14. The third kappa shape index (κ3) is 4.63. The lowest BCUT2D eigenvalue weighted by atomic mass is 10.0. The lowest BCUT2D eigenvalue weighted by molar-refractivity contribution is 1.33. The molecule has 1 aliphatic rings. The van der Waals surface area contributed by atoms with Crippen LogP contribution < -0.4 is 5.32 Å². The highest BCUT2D eigenvalue weighted by molar-refractivity contribution is 7.99. The van der Waals surface area contributed by atoms with E-state index >= 15 is 0 Å². The van der Waals surface area contributed by atoms with Gasteiger partial charge < -0.3 is 5.32 Å². The molecule has 5 rings (SSSR count). The van der Waals surface area contributed by atoms with E-state index in [4.69, 9.17) is 28.8 Å². The molecule has 0 saturated heterocycles. The zero-order chi connectivity index (χ0) is 21.9. The number of halogens is 1. The van der Waals surface area contributed by atoms with Crippen molar-refractivity contribution in [2.24, 2.45) is 4.99 Å². The quantitative estimate of drug-likeness (QED) is 0.269. The summed E-state index contributed by atoms with van der Waals surface area (Å²) < 4.78 is 0. The summed E-state index contributed by atoms with van der Waals surface area (Å²) >= 11 is 13.6. The fourth-order valence-electron chi connectivity index (χ4n) is 3.66. The largest absolute Gasteiger partial charge is 0.350 e. The van der Waals surface area contributed by atoms with Crippen molar-refractivity contribution in [1.29, 1.82) is 0 Å². The Kier molecular flexibility index (Phi) is 6.08. The van der Waals surface area contributed by atoms with Gasteiger partial charge in [-0.25, -0.2) is 4.99 Å². The van der Waals surface area contributed by atoms with Crippen LogP contribution in [0.3, 0.4) is 0 Å². The first kappa shape index (κ1) is 21.0. The van der Waals surface area contributed by atoms with E-state index in [1.807, 2.05) is 48.5 Å². The molecule has 156 valence electrons. The van der Waals surface area contributed by atoms with Crippen molar-refractivity contribution in [2.45, 2.75) is 16.2 Å². The van der Waals surface area contributed by atoms with Gasteiger partial charge in [0, 0.05) is 38.0 Å². The van der Waals surface area contributed by atoms with E-state index in [0.717, 1.165) is 38.1 Å². The lowest BCUT2D eigenvalue weighted by Gasteiger charge is -2.11. The summed E-state index contributed by atoms with van der Waals surface area (Å²) in [7, 11) is 0. The maximum absolute atomic E-state index is 6.30. The number of aliphatic imine (C=N–C) groups is 1. The number of rotatable bonds is 4. The summed E-state index contributed by atoms with van der Waals surface area (Å²) in [5.74, 6) is 0. The van der Waals surface area contributed by atoms with Gasteiger partial charge in [0.2, 0.25) is 0 Å². The summed E-state index contributed by atoms with van der Waals surface area (Å²) in [5, 5.41) is 4.07. The molecule has 0 radical (unpaired) electrons. The minimum atomic E-state index is 0.696. The molecule has 0 amide bonds. The number of hydrogen-bond donors (Lipinski definition) is 1. The standard InChI is InChI=1S/C27H19ClN2S2/c28-20-10-6-9-19(16-20)27-22-11-4-5-12-24(22)32-25-14-13-21(17-23(25)30-27)29-26(31)15-18-7-2-1-3-8-18/h1-14,16-17H,15H2,(H,29,31). The van der Waals surface area contributed by atoms with Gasteiger partial charge in [0.05, 0.1) is 16.4 Å². The van der Waals surface area contributed by atoms with Crippen LogP contribution in [-0.2, 0) is 6.42 Å². The molecule has 0 bridgehead atoms. The number of hydrogen-bond acceptors (Lipinski definition) is 3. The lowest BCUT2D eigenvalue weighted by Crippen LogP contribution is -2.11.